The molecule has 5 aromatic rings. The van der Waals surface area contributed by atoms with E-state index in [9.17, 15) is 0 Å². The number of anilines is 1. The number of aliphatic imine (C=N–C) groups is 2. The quantitative estimate of drug-likeness (QED) is 0.191. The minimum Gasteiger partial charge on any atom is -0.405 e. The second-order valence-electron chi connectivity index (χ2n) is 13.9. The fraction of sp³-hybridized carbons (Fsp3) is 0.130. The molecule has 4 aromatic carbocycles. The number of fused-ring (bicyclic) bond motifs is 11. The SMILES string of the molecule is C/C(=C\C=C/N)C1=CC2C3c4ccccc4-c4c(n(-c5ccc(C6=NC7C=CC=CC7=N6)cc5)c5ccccc45)C3N(c3ccccc3)C2C=C1. The van der Waals surface area contributed by atoms with Crippen molar-refractivity contribution in [3.63, 3.8) is 0 Å². The normalized spacial score (nSPS) is 24.2. The summed E-state index contributed by atoms with van der Waals surface area (Å²) in [6.07, 6.45) is 21.1. The summed E-state index contributed by atoms with van der Waals surface area (Å²) >= 11 is 0. The number of hydrogen-bond donors (Lipinski definition) is 1. The van der Waals surface area contributed by atoms with E-state index in [2.05, 4.69) is 156 Å². The van der Waals surface area contributed by atoms with Crippen LogP contribution in [0.4, 0.5) is 5.69 Å². The molecule has 10 rings (SSSR count). The molecule has 0 spiro atoms. The van der Waals surface area contributed by atoms with Gasteiger partial charge in [0.15, 0.2) is 5.84 Å². The molecule has 51 heavy (non-hydrogen) atoms. The number of rotatable bonds is 5. The molecule has 0 saturated carbocycles. The van der Waals surface area contributed by atoms with Crippen LogP contribution >= 0.6 is 0 Å². The van der Waals surface area contributed by atoms with Crippen LogP contribution < -0.4 is 10.6 Å². The van der Waals surface area contributed by atoms with E-state index >= 15 is 0 Å². The molecule has 2 N–H and O–H groups in total. The molecule has 5 heteroatoms. The number of nitrogens with two attached hydrogens (primary N) is 1. The molecule has 1 aromatic heterocycles. The second-order valence-corrected chi connectivity index (χ2v) is 13.9. The Morgan fingerprint density at radius 1 is 0.804 bits per heavy atom. The van der Waals surface area contributed by atoms with E-state index in [1.54, 1.807) is 6.20 Å². The first kappa shape index (κ1) is 29.7. The number of amidine groups is 1. The van der Waals surface area contributed by atoms with Crippen molar-refractivity contribution in [1.82, 2.24) is 4.57 Å². The van der Waals surface area contributed by atoms with Crippen molar-refractivity contribution in [3.05, 3.63) is 192 Å². The van der Waals surface area contributed by atoms with Gasteiger partial charge in [-0.2, -0.15) is 0 Å². The fourth-order valence-electron chi connectivity index (χ4n) is 9.06. The maximum Gasteiger partial charge on any atom is 0.155 e. The van der Waals surface area contributed by atoms with Gasteiger partial charge in [-0.25, -0.2) is 4.99 Å². The minimum absolute atomic E-state index is 0.0111. The summed E-state index contributed by atoms with van der Waals surface area (Å²) in [5.74, 6) is 1.28. The Kier molecular flexibility index (Phi) is 6.81. The summed E-state index contributed by atoms with van der Waals surface area (Å²) in [6, 6.07) is 38.2. The van der Waals surface area contributed by atoms with Gasteiger partial charge in [0.25, 0.3) is 0 Å². The molecule has 0 radical (unpaired) electrons. The van der Waals surface area contributed by atoms with Gasteiger partial charge in [-0.1, -0.05) is 103 Å². The Hall–Kier alpha value is -6.20. The number of benzene rings is 4. The smallest absolute Gasteiger partial charge is 0.155 e. The fourth-order valence-corrected chi connectivity index (χ4v) is 9.06. The van der Waals surface area contributed by atoms with Crippen LogP contribution in [0.3, 0.4) is 0 Å². The number of aromatic nitrogens is 1. The van der Waals surface area contributed by atoms with Gasteiger partial charge < -0.3 is 15.2 Å². The molecule has 2 aliphatic heterocycles. The van der Waals surface area contributed by atoms with Crippen LogP contribution in [0.5, 0.6) is 0 Å². The summed E-state index contributed by atoms with van der Waals surface area (Å²) in [5, 5.41) is 1.28. The van der Waals surface area contributed by atoms with E-state index < -0.39 is 0 Å². The lowest BCUT2D eigenvalue weighted by Crippen LogP contribution is -2.34. The van der Waals surface area contributed by atoms with E-state index in [0.717, 1.165) is 22.8 Å². The first-order valence-corrected chi connectivity index (χ1v) is 17.8. The van der Waals surface area contributed by atoms with Crippen molar-refractivity contribution in [2.45, 2.75) is 31.0 Å². The Morgan fingerprint density at radius 3 is 2.45 bits per heavy atom. The number of para-hydroxylation sites is 2. The highest BCUT2D eigenvalue weighted by molar-refractivity contribution is 6.17. The molecule has 1 fully saturated rings. The van der Waals surface area contributed by atoms with E-state index in [1.165, 1.54) is 50.1 Å². The second kappa shape index (κ2) is 11.7. The first-order valence-electron chi connectivity index (χ1n) is 17.8. The maximum absolute atomic E-state index is 5.73. The predicted molar refractivity (Wildman–Crippen MR) is 211 cm³/mol. The highest BCUT2D eigenvalue weighted by atomic mass is 15.3. The van der Waals surface area contributed by atoms with Crippen molar-refractivity contribution in [1.29, 1.82) is 0 Å². The van der Waals surface area contributed by atoms with Crippen LogP contribution in [0.15, 0.2) is 185 Å². The van der Waals surface area contributed by atoms with Crippen LogP contribution in [0.2, 0.25) is 0 Å². The molecular weight excluding hydrogens is 623 g/mol. The molecule has 5 nitrogen and oxygen atoms in total. The monoisotopic (exact) mass is 659 g/mol. The third-order valence-electron chi connectivity index (χ3n) is 11.2. The number of allylic oxidation sites excluding steroid dienone is 7. The highest BCUT2D eigenvalue weighted by Gasteiger charge is 2.54. The van der Waals surface area contributed by atoms with E-state index in [4.69, 9.17) is 15.7 Å². The molecular formula is C46H37N5. The van der Waals surface area contributed by atoms with Crippen molar-refractivity contribution in [2.75, 3.05) is 4.90 Å². The first-order chi connectivity index (χ1) is 25.2. The maximum atomic E-state index is 5.73. The summed E-state index contributed by atoms with van der Waals surface area (Å²) in [4.78, 5) is 12.5. The van der Waals surface area contributed by atoms with Gasteiger partial charge in [-0.05, 0) is 90.0 Å². The lowest BCUT2D eigenvalue weighted by Gasteiger charge is -2.37. The number of nitrogens with zero attached hydrogens (tertiary/aromatic N) is 4. The van der Waals surface area contributed by atoms with Crippen LogP contribution in [0.1, 0.15) is 35.7 Å². The van der Waals surface area contributed by atoms with Crippen LogP contribution in [0.25, 0.3) is 27.7 Å². The third-order valence-corrected chi connectivity index (χ3v) is 11.2. The zero-order chi connectivity index (χ0) is 34.1. The van der Waals surface area contributed by atoms with Crippen molar-refractivity contribution in [3.8, 4) is 16.8 Å². The Labute approximate surface area is 298 Å². The van der Waals surface area contributed by atoms with Gasteiger partial charge in [0.2, 0.25) is 0 Å². The Morgan fingerprint density at radius 2 is 1.61 bits per heavy atom. The van der Waals surface area contributed by atoms with Gasteiger partial charge in [0, 0.05) is 39.7 Å². The zero-order valence-corrected chi connectivity index (χ0v) is 28.3. The largest absolute Gasteiger partial charge is 0.405 e. The topological polar surface area (TPSA) is 58.9 Å². The molecule has 5 aliphatic rings. The number of hydrogen-bond acceptors (Lipinski definition) is 4. The van der Waals surface area contributed by atoms with Crippen molar-refractivity contribution >= 4 is 28.1 Å². The molecule has 5 unspecified atom stereocenters. The average Bonchev–Trinajstić information content (AvgIpc) is 3.88. The lowest BCUT2D eigenvalue weighted by molar-refractivity contribution is 0.523. The molecule has 246 valence electrons. The van der Waals surface area contributed by atoms with Crippen LogP contribution in [0, 0.1) is 5.92 Å². The summed E-state index contributed by atoms with van der Waals surface area (Å²) < 4.78 is 2.54. The van der Waals surface area contributed by atoms with Crippen molar-refractivity contribution < 1.29 is 0 Å². The summed E-state index contributed by atoms with van der Waals surface area (Å²) in [7, 11) is 0. The molecule has 0 amide bonds. The van der Waals surface area contributed by atoms with Gasteiger partial charge in [-0.15, -0.1) is 0 Å². The molecule has 3 heterocycles. The van der Waals surface area contributed by atoms with E-state index in [1.807, 2.05) is 18.2 Å². The molecule has 1 saturated heterocycles. The van der Waals surface area contributed by atoms with E-state index in [-0.39, 0.29) is 30.0 Å². The highest BCUT2D eigenvalue weighted by Crippen LogP contribution is 2.62. The lowest BCUT2D eigenvalue weighted by atomic mass is 9.71. The van der Waals surface area contributed by atoms with Crippen LogP contribution in [-0.4, -0.2) is 28.2 Å². The molecule has 0 bridgehead atoms. The minimum atomic E-state index is 0.0111. The average molecular weight is 660 g/mol. The summed E-state index contributed by atoms with van der Waals surface area (Å²) in [5.41, 5.74) is 19.2. The third kappa shape index (κ3) is 4.54. The van der Waals surface area contributed by atoms with Gasteiger partial charge in [0.05, 0.1) is 29.0 Å². The molecule has 3 aliphatic carbocycles. The van der Waals surface area contributed by atoms with E-state index in [0.29, 0.717) is 0 Å². The zero-order valence-electron chi connectivity index (χ0n) is 28.3. The standard InChI is InChI=1S/C46H37N5/c1-29(12-11-27-47)31-23-26-41-37(28-31)43-35-16-6-5-15-34(35)42-36-17-7-10-20-40(36)51(44(42)45(43)50(41)32-13-3-2-4-14-32)33-24-21-30(22-25-33)46-48-38-18-8-9-19-39(38)49-46/h2-28,37-38,41,43,45H,47H2,1H3/b27-11-,29-12+. The Balaban J connectivity index is 1.20. The van der Waals surface area contributed by atoms with Crippen molar-refractivity contribution in [2.24, 2.45) is 21.6 Å². The van der Waals surface area contributed by atoms with Crippen LogP contribution in [-0.2, 0) is 0 Å². The van der Waals surface area contributed by atoms with Gasteiger partial charge in [0.1, 0.15) is 6.04 Å². The molecule has 5 atom stereocenters. The van der Waals surface area contributed by atoms with Gasteiger partial charge >= 0.3 is 0 Å². The Bertz CT molecular complexity index is 2470. The van der Waals surface area contributed by atoms with Gasteiger partial charge in [-0.3, -0.25) is 4.99 Å². The predicted octanol–water partition coefficient (Wildman–Crippen LogP) is 9.55. The summed E-state index contributed by atoms with van der Waals surface area (Å²) in [6.45, 7) is 2.18.